The number of allylic oxidation sites excluding steroid dienone is 1. The number of hydrogen-bond acceptors (Lipinski definition) is 5. The standard InChI is InChI=1S/C15H16N2O6S/c1-4-7-17-12(15(18)19)9-11(16-24(17,20)21)10-5-6-13(22-2)14(8-10)23-3/h4-6,8-9H,1,7H2,2-3H3,(H,18,19). The highest BCUT2D eigenvalue weighted by molar-refractivity contribution is 7.88. The van der Waals surface area contributed by atoms with Crippen molar-refractivity contribution >= 4 is 21.9 Å². The van der Waals surface area contributed by atoms with E-state index in [1.165, 1.54) is 32.4 Å². The molecule has 0 saturated heterocycles. The van der Waals surface area contributed by atoms with Crippen molar-refractivity contribution in [3.05, 3.63) is 48.2 Å². The first-order valence-electron chi connectivity index (χ1n) is 6.75. The molecule has 9 heteroatoms. The van der Waals surface area contributed by atoms with Gasteiger partial charge in [-0.15, -0.1) is 11.0 Å². The summed E-state index contributed by atoms with van der Waals surface area (Å²) in [6.45, 7) is 3.24. The molecule has 1 N–H and O–H groups in total. The zero-order chi connectivity index (χ0) is 17.9. The van der Waals surface area contributed by atoms with Crippen molar-refractivity contribution in [2.75, 3.05) is 20.8 Å². The molecule has 1 aromatic rings. The molecule has 0 amide bonds. The molecule has 0 saturated carbocycles. The number of carboxylic acid groups (broad SMARTS) is 1. The van der Waals surface area contributed by atoms with Gasteiger partial charge in [-0.25, -0.2) is 9.10 Å². The van der Waals surface area contributed by atoms with E-state index >= 15 is 0 Å². The predicted octanol–water partition coefficient (Wildman–Crippen LogP) is 1.21. The minimum Gasteiger partial charge on any atom is -0.493 e. The molecule has 0 atom stereocenters. The number of hydrogen-bond donors (Lipinski definition) is 1. The second-order valence-corrected chi connectivity index (χ2v) is 6.20. The van der Waals surface area contributed by atoms with Crippen LogP contribution in [0.1, 0.15) is 5.56 Å². The van der Waals surface area contributed by atoms with Crippen LogP contribution >= 0.6 is 0 Å². The number of ether oxygens (including phenoxy) is 2. The molecular formula is C15H16N2O6S. The van der Waals surface area contributed by atoms with E-state index in [2.05, 4.69) is 11.0 Å². The van der Waals surface area contributed by atoms with Crippen molar-refractivity contribution < 1.29 is 27.8 Å². The van der Waals surface area contributed by atoms with E-state index in [0.717, 1.165) is 0 Å². The van der Waals surface area contributed by atoms with Gasteiger partial charge in [-0.05, 0) is 24.3 Å². The average Bonchev–Trinajstić information content (AvgIpc) is 2.55. The van der Waals surface area contributed by atoms with Crippen molar-refractivity contribution in [3.8, 4) is 11.5 Å². The zero-order valence-electron chi connectivity index (χ0n) is 13.1. The molecule has 0 bridgehead atoms. The molecule has 0 fully saturated rings. The Hall–Kier alpha value is -2.81. The second-order valence-electron chi connectivity index (χ2n) is 4.68. The molecule has 128 valence electrons. The first kappa shape index (κ1) is 17.5. The Morgan fingerprint density at radius 2 is 2.00 bits per heavy atom. The largest absolute Gasteiger partial charge is 0.493 e. The summed E-state index contributed by atoms with van der Waals surface area (Å²) in [4.78, 5) is 11.4. The molecule has 24 heavy (non-hydrogen) atoms. The van der Waals surface area contributed by atoms with Gasteiger partial charge >= 0.3 is 16.2 Å². The molecule has 8 nitrogen and oxygen atoms in total. The Morgan fingerprint density at radius 1 is 1.33 bits per heavy atom. The second kappa shape index (κ2) is 6.75. The summed E-state index contributed by atoms with van der Waals surface area (Å²) in [6, 6.07) is 4.66. The third-order valence-electron chi connectivity index (χ3n) is 3.23. The number of benzene rings is 1. The van der Waals surface area contributed by atoms with Gasteiger partial charge in [-0.3, -0.25) is 0 Å². The fraction of sp³-hybridized carbons (Fsp3) is 0.200. The van der Waals surface area contributed by atoms with Gasteiger partial charge in [0.2, 0.25) is 0 Å². The number of rotatable bonds is 6. The van der Waals surface area contributed by atoms with Gasteiger partial charge < -0.3 is 14.6 Å². The number of nitrogens with zero attached hydrogens (tertiary/aromatic N) is 2. The maximum atomic E-state index is 12.3. The van der Waals surface area contributed by atoms with Crippen molar-refractivity contribution in [1.29, 1.82) is 0 Å². The van der Waals surface area contributed by atoms with Crippen LogP contribution in [0.5, 0.6) is 11.5 Å². The first-order valence-corrected chi connectivity index (χ1v) is 8.14. The molecule has 0 aromatic heterocycles. The number of carboxylic acids is 1. The molecule has 0 aliphatic carbocycles. The van der Waals surface area contributed by atoms with Crippen LogP contribution in [-0.2, 0) is 15.0 Å². The minimum absolute atomic E-state index is 0.00587. The molecule has 1 aromatic carbocycles. The Balaban J connectivity index is 2.59. The van der Waals surface area contributed by atoms with E-state index in [-0.39, 0.29) is 12.3 Å². The van der Waals surface area contributed by atoms with Gasteiger partial charge in [0.25, 0.3) is 0 Å². The van der Waals surface area contributed by atoms with Crippen LogP contribution in [0.3, 0.4) is 0 Å². The topological polar surface area (TPSA) is 106 Å². The van der Waals surface area contributed by atoms with Crippen molar-refractivity contribution in [2.24, 2.45) is 4.40 Å². The highest BCUT2D eigenvalue weighted by atomic mass is 32.2. The lowest BCUT2D eigenvalue weighted by Crippen LogP contribution is -2.36. The van der Waals surface area contributed by atoms with Gasteiger partial charge in [0.1, 0.15) is 5.70 Å². The normalized spacial score (nSPS) is 16.0. The van der Waals surface area contributed by atoms with Gasteiger partial charge in [-0.1, -0.05) is 6.08 Å². The first-order chi connectivity index (χ1) is 11.3. The third-order valence-corrected chi connectivity index (χ3v) is 4.56. The van der Waals surface area contributed by atoms with E-state index in [4.69, 9.17) is 9.47 Å². The smallest absolute Gasteiger partial charge is 0.353 e. The molecule has 0 unspecified atom stereocenters. The van der Waals surface area contributed by atoms with E-state index < -0.39 is 21.9 Å². The fourth-order valence-electron chi connectivity index (χ4n) is 2.14. The van der Waals surface area contributed by atoms with E-state index in [9.17, 15) is 18.3 Å². The van der Waals surface area contributed by atoms with Crippen molar-refractivity contribution in [3.63, 3.8) is 0 Å². The number of carbonyl (C=O) groups is 1. The highest BCUT2D eigenvalue weighted by Crippen LogP contribution is 2.29. The maximum absolute atomic E-state index is 12.3. The quantitative estimate of drug-likeness (QED) is 0.772. The molecule has 1 heterocycles. The van der Waals surface area contributed by atoms with E-state index in [0.29, 0.717) is 21.4 Å². The zero-order valence-corrected chi connectivity index (χ0v) is 13.9. The van der Waals surface area contributed by atoms with Gasteiger partial charge in [0.15, 0.2) is 11.5 Å². The lowest BCUT2D eigenvalue weighted by molar-refractivity contribution is -0.133. The molecule has 1 aliphatic heterocycles. The third kappa shape index (κ3) is 3.25. The van der Waals surface area contributed by atoms with Crippen LogP contribution in [0.4, 0.5) is 0 Å². The van der Waals surface area contributed by atoms with Crippen LogP contribution < -0.4 is 9.47 Å². The van der Waals surface area contributed by atoms with Gasteiger partial charge in [0.05, 0.1) is 26.5 Å². The SMILES string of the molecule is C=CCN1C(C(=O)O)=CC(c2ccc(OC)c(OC)c2)=NS1(=O)=O. The summed E-state index contributed by atoms with van der Waals surface area (Å²) in [6.07, 6.45) is 2.47. The van der Waals surface area contributed by atoms with Crippen molar-refractivity contribution in [1.82, 2.24) is 4.31 Å². The number of methoxy groups -OCH3 is 2. The summed E-state index contributed by atoms with van der Waals surface area (Å²) < 4.78 is 39.2. The lowest BCUT2D eigenvalue weighted by atomic mass is 10.1. The molecular weight excluding hydrogens is 336 g/mol. The number of aliphatic carboxylic acids is 1. The lowest BCUT2D eigenvalue weighted by Gasteiger charge is -2.24. The molecule has 0 radical (unpaired) electrons. The Morgan fingerprint density at radius 3 is 2.54 bits per heavy atom. The molecule has 1 aliphatic rings. The van der Waals surface area contributed by atoms with Crippen LogP contribution in [0.2, 0.25) is 0 Å². The van der Waals surface area contributed by atoms with Crippen LogP contribution in [0.25, 0.3) is 0 Å². The summed E-state index contributed by atoms with van der Waals surface area (Å²) in [5.41, 5.74) is -0.0309. The fourth-order valence-corrected chi connectivity index (χ4v) is 3.31. The minimum atomic E-state index is -4.18. The maximum Gasteiger partial charge on any atom is 0.353 e. The van der Waals surface area contributed by atoms with E-state index in [1.54, 1.807) is 12.1 Å². The summed E-state index contributed by atoms with van der Waals surface area (Å²) in [5.74, 6) is -0.557. The molecule has 2 rings (SSSR count). The van der Waals surface area contributed by atoms with Gasteiger partial charge in [-0.2, -0.15) is 8.42 Å². The average molecular weight is 352 g/mol. The van der Waals surface area contributed by atoms with Crippen LogP contribution in [-0.4, -0.2) is 50.3 Å². The Bertz CT molecular complexity index is 842. The predicted molar refractivity (Wildman–Crippen MR) is 87.6 cm³/mol. The Kier molecular flexibility index (Phi) is 4.93. The van der Waals surface area contributed by atoms with Gasteiger partial charge in [0, 0.05) is 5.56 Å². The van der Waals surface area contributed by atoms with Crippen LogP contribution in [0.15, 0.2) is 47.0 Å². The Labute approximate surface area is 139 Å². The van der Waals surface area contributed by atoms with Crippen molar-refractivity contribution in [2.45, 2.75) is 0 Å². The van der Waals surface area contributed by atoms with Crippen LogP contribution in [0, 0.1) is 0 Å². The monoisotopic (exact) mass is 352 g/mol. The highest BCUT2D eigenvalue weighted by Gasteiger charge is 2.32. The van der Waals surface area contributed by atoms with E-state index in [1.807, 2.05) is 0 Å². The summed E-state index contributed by atoms with van der Waals surface area (Å²) in [7, 11) is -1.28. The summed E-state index contributed by atoms with van der Waals surface area (Å²) >= 11 is 0. The molecule has 0 spiro atoms. The summed E-state index contributed by atoms with van der Waals surface area (Å²) in [5, 5.41) is 9.31.